The summed E-state index contributed by atoms with van der Waals surface area (Å²) < 4.78 is 14.0. The van der Waals surface area contributed by atoms with E-state index < -0.39 is 0 Å². The lowest BCUT2D eigenvalue weighted by atomic mass is 10.3. The number of hydrogen-bond acceptors (Lipinski definition) is 6. The molecule has 0 aliphatic heterocycles. The first kappa shape index (κ1) is 17.2. The number of thiazole rings is 2. The average Bonchev–Trinajstić information content (AvgIpc) is 3.36. The Labute approximate surface area is 170 Å². The monoisotopic (exact) mass is 404 g/mol. The van der Waals surface area contributed by atoms with Gasteiger partial charge in [0.1, 0.15) is 21.5 Å². The maximum atomic E-state index is 6.40. The van der Waals surface area contributed by atoms with Gasteiger partial charge in [-0.1, -0.05) is 30.3 Å². The van der Waals surface area contributed by atoms with Crippen LogP contribution in [0.2, 0.25) is 0 Å². The highest BCUT2D eigenvalue weighted by Crippen LogP contribution is 2.37. The molecular weight excluding hydrogens is 388 g/mol. The molecule has 0 fully saturated rings. The number of nitrogens with zero attached hydrogens (tertiary/aromatic N) is 2. The first-order chi connectivity index (χ1) is 13.8. The minimum Gasteiger partial charge on any atom is -0.497 e. The number of benzene rings is 3. The van der Waals surface area contributed by atoms with Crippen molar-refractivity contribution in [3.05, 3.63) is 82.8 Å². The molecule has 6 heteroatoms. The zero-order chi connectivity index (χ0) is 18.9. The van der Waals surface area contributed by atoms with Crippen LogP contribution < -0.4 is 9.47 Å². The summed E-state index contributed by atoms with van der Waals surface area (Å²) in [5.74, 6) is 1.48. The van der Waals surface area contributed by atoms with E-state index in [0.29, 0.717) is 0 Å². The Kier molecular flexibility index (Phi) is 4.43. The van der Waals surface area contributed by atoms with Crippen LogP contribution in [-0.2, 0) is 0 Å². The fraction of sp³-hybridized carbons (Fsp3) is 0.0909. The SMILES string of the molecule is COc1cccc(OC(c2nc3ccccc3s2)c2nc3ccccc3s2)c1. The van der Waals surface area contributed by atoms with Crippen molar-refractivity contribution in [2.45, 2.75) is 6.10 Å². The van der Waals surface area contributed by atoms with E-state index in [4.69, 9.17) is 19.4 Å². The molecule has 0 spiro atoms. The van der Waals surface area contributed by atoms with Gasteiger partial charge in [-0.2, -0.15) is 0 Å². The van der Waals surface area contributed by atoms with Gasteiger partial charge in [0.25, 0.3) is 0 Å². The van der Waals surface area contributed by atoms with Crippen LogP contribution in [0.4, 0.5) is 0 Å². The molecule has 2 aromatic heterocycles. The highest BCUT2D eigenvalue weighted by molar-refractivity contribution is 7.20. The average molecular weight is 405 g/mol. The lowest BCUT2D eigenvalue weighted by Gasteiger charge is -2.15. The van der Waals surface area contributed by atoms with Crippen LogP contribution in [0.15, 0.2) is 72.8 Å². The van der Waals surface area contributed by atoms with Crippen molar-refractivity contribution in [1.29, 1.82) is 0 Å². The van der Waals surface area contributed by atoms with Crippen LogP contribution >= 0.6 is 22.7 Å². The van der Waals surface area contributed by atoms with Gasteiger partial charge in [-0.05, 0) is 36.4 Å². The maximum Gasteiger partial charge on any atom is 0.201 e. The van der Waals surface area contributed by atoms with Crippen molar-refractivity contribution in [2.24, 2.45) is 0 Å². The summed E-state index contributed by atoms with van der Waals surface area (Å²) in [5.41, 5.74) is 1.95. The van der Waals surface area contributed by atoms with Crippen LogP contribution in [-0.4, -0.2) is 17.1 Å². The Bertz CT molecular complexity index is 1120. The summed E-state index contributed by atoms with van der Waals surface area (Å²) in [6, 6.07) is 23.9. The largest absolute Gasteiger partial charge is 0.497 e. The highest BCUT2D eigenvalue weighted by atomic mass is 32.1. The predicted octanol–water partition coefficient (Wildman–Crippen LogP) is 6.08. The van der Waals surface area contributed by atoms with E-state index in [1.165, 1.54) is 0 Å². The topological polar surface area (TPSA) is 44.2 Å². The minimum absolute atomic E-state index is 0.373. The Morgan fingerprint density at radius 1 is 0.714 bits per heavy atom. The molecule has 0 unspecified atom stereocenters. The number of aromatic nitrogens is 2. The van der Waals surface area contributed by atoms with Crippen molar-refractivity contribution in [3.8, 4) is 11.5 Å². The Hall–Kier alpha value is -2.96. The zero-order valence-corrected chi connectivity index (χ0v) is 16.7. The maximum absolute atomic E-state index is 6.40. The second-order valence-electron chi connectivity index (χ2n) is 6.22. The van der Waals surface area contributed by atoms with E-state index in [9.17, 15) is 0 Å². The number of methoxy groups -OCH3 is 1. The molecule has 0 radical (unpaired) electrons. The van der Waals surface area contributed by atoms with Gasteiger partial charge in [0.15, 0.2) is 0 Å². The van der Waals surface area contributed by atoms with Crippen LogP contribution in [0.3, 0.4) is 0 Å². The molecule has 0 aliphatic rings. The number of rotatable bonds is 5. The number of fused-ring (bicyclic) bond motifs is 2. The quantitative estimate of drug-likeness (QED) is 0.356. The fourth-order valence-corrected chi connectivity index (χ4v) is 5.10. The minimum atomic E-state index is -0.373. The van der Waals surface area contributed by atoms with E-state index in [-0.39, 0.29) is 6.10 Å². The molecule has 3 aromatic carbocycles. The third-order valence-corrected chi connectivity index (χ3v) is 6.52. The van der Waals surface area contributed by atoms with E-state index in [0.717, 1.165) is 41.9 Å². The van der Waals surface area contributed by atoms with Gasteiger partial charge < -0.3 is 9.47 Å². The molecule has 0 N–H and O–H groups in total. The summed E-state index contributed by atoms with van der Waals surface area (Å²) in [4.78, 5) is 9.65. The summed E-state index contributed by atoms with van der Waals surface area (Å²) in [5, 5.41) is 1.78. The lowest BCUT2D eigenvalue weighted by molar-refractivity contribution is 0.245. The second-order valence-corrected chi connectivity index (χ2v) is 8.34. The second kappa shape index (κ2) is 7.22. The van der Waals surface area contributed by atoms with Crippen molar-refractivity contribution < 1.29 is 9.47 Å². The van der Waals surface area contributed by atoms with Gasteiger partial charge in [-0.3, -0.25) is 0 Å². The highest BCUT2D eigenvalue weighted by Gasteiger charge is 2.24. The van der Waals surface area contributed by atoms with Gasteiger partial charge in [-0.15, -0.1) is 22.7 Å². The first-order valence-corrected chi connectivity index (χ1v) is 10.4. The van der Waals surface area contributed by atoms with E-state index in [1.807, 2.05) is 60.7 Å². The van der Waals surface area contributed by atoms with Crippen molar-refractivity contribution in [1.82, 2.24) is 9.97 Å². The van der Waals surface area contributed by atoms with E-state index >= 15 is 0 Å². The van der Waals surface area contributed by atoms with Crippen LogP contribution in [0.25, 0.3) is 20.4 Å². The third-order valence-electron chi connectivity index (χ3n) is 4.36. The van der Waals surface area contributed by atoms with Gasteiger partial charge in [-0.25, -0.2) is 9.97 Å². The molecular formula is C22H16N2O2S2. The molecule has 0 saturated carbocycles. The van der Waals surface area contributed by atoms with Gasteiger partial charge >= 0.3 is 0 Å². The smallest absolute Gasteiger partial charge is 0.201 e. The molecule has 0 saturated heterocycles. The molecule has 5 rings (SSSR count). The molecule has 0 aliphatic carbocycles. The van der Waals surface area contributed by atoms with Crippen molar-refractivity contribution in [3.63, 3.8) is 0 Å². The summed E-state index contributed by atoms with van der Waals surface area (Å²) >= 11 is 3.28. The van der Waals surface area contributed by atoms with E-state index in [2.05, 4.69) is 12.1 Å². The van der Waals surface area contributed by atoms with E-state index in [1.54, 1.807) is 29.8 Å². The number of para-hydroxylation sites is 2. The Balaban J connectivity index is 1.62. The predicted molar refractivity (Wildman–Crippen MR) is 115 cm³/mol. The van der Waals surface area contributed by atoms with Gasteiger partial charge in [0.05, 0.1) is 27.5 Å². The van der Waals surface area contributed by atoms with Crippen LogP contribution in [0.1, 0.15) is 16.1 Å². The molecule has 28 heavy (non-hydrogen) atoms. The van der Waals surface area contributed by atoms with Crippen molar-refractivity contribution >= 4 is 43.1 Å². The van der Waals surface area contributed by atoms with Gasteiger partial charge in [0, 0.05) is 6.07 Å². The first-order valence-electron chi connectivity index (χ1n) is 8.82. The lowest BCUT2D eigenvalue weighted by Crippen LogP contribution is -2.09. The summed E-state index contributed by atoms with van der Waals surface area (Å²) in [6.45, 7) is 0. The zero-order valence-electron chi connectivity index (χ0n) is 15.0. The normalized spacial score (nSPS) is 11.4. The molecule has 0 bridgehead atoms. The number of ether oxygens (including phenoxy) is 2. The molecule has 4 nitrogen and oxygen atoms in total. The van der Waals surface area contributed by atoms with Crippen LogP contribution in [0.5, 0.6) is 11.5 Å². The molecule has 138 valence electrons. The molecule has 5 aromatic rings. The van der Waals surface area contributed by atoms with Gasteiger partial charge in [0.2, 0.25) is 6.10 Å². The van der Waals surface area contributed by atoms with Crippen LogP contribution in [0, 0.1) is 0 Å². The molecule has 0 amide bonds. The summed E-state index contributed by atoms with van der Waals surface area (Å²) in [6.07, 6.45) is -0.373. The molecule has 2 heterocycles. The third kappa shape index (κ3) is 3.21. The van der Waals surface area contributed by atoms with Crippen molar-refractivity contribution in [2.75, 3.05) is 7.11 Å². The Morgan fingerprint density at radius 3 is 1.86 bits per heavy atom. The Morgan fingerprint density at radius 2 is 1.29 bits per heavy atom. The standard InChI is InChI=1S/C22H16N2O2S2/c1-25-14-7-6-8-15(13-14)26-20(21-23-16-9-2-4-11-18(16)27-21)22-24-17-10-3-5-12-19(17)28-22/h2-13,20H,1H3. The fourth-order valence-electron chi connectivity index (χ4n) is 3.02. The molecule has 0 atom stereocenters. The number of hydrogen-bond donors (Lipinski definition) is 0. The summed E-state index contributed by atoms with van der Waals surface area (Å²) in [7, 11) is 1.65.